The number of fused-ring (bicyclic) bond motifs is 3. The molecule has 0 atom stereocenters. The van der Waals surface area contributed by atoms with Crippen LogP contribution in [0.1, 0.15) is 10.4 Å². The van der Waals surface area contributed by atoms with Gasteiger partial charge in [-0.25, -0.2) is 0 Å². The summed E-state index contributed by atoms with van der Waals surface area (Å²) in [4.78, 5) is 11.3. The minimum Gasteiger partial charge on any atom is -0.455 e. The molecule has 0 unspecified atom stereocenters. The minimum absolute atomic E-state index is 0.425. The topological polar surface area (TPSA) is 56.2 Å². The Labute approximate surface area is 91.5 Å². The van der Waals surface area contributed by atoms with E-state index in [4.69, 9.17) is 10.2 Å². The van der Waals surface area contributed by atoms with Gasteiger partial charge in [0.2, 0.25) is 0 Å². The van der Waals surface area contributed by atoms with E-state index < -0.39 is 5.91 Å². The number of hydrogen-bond donors (Lipinski definition) is 1. The van der Waals surface area contributed by atoms with Gasteiger partial charge in [-0.15, -0.1) is 0 Å². The zero-order chi connectivity index (χ0) is 11.1. The van der Waals surface area contributed by atoms with E-state index in [1.165, 1.54) is 0 Å². The molecule has 2 N–H and O–H groups in total. The maximum Gasteiger partial charge on any atom is 0.252 e. The van der Waals surface area contributed by atoms with Gasteiger partial charge in [-0.1, -0.05) is 30.3 Å². The van der Waals surface area contributed by atoms with Crippen LogP contribution in [0.25, 0.3) is 21.9 Å². The zero-order valence-corrected chi connectivity index (χ0v) is 8.44. The summed E-state index contributed by atoms with van der Waals surface area (Å²) >= 11 is 0. The molecule has 3 rings (SSSR count). The van der Waals surface area contributed by atoms with Crippen LogP contribution in [0.5, 0.6) is 0 Å². The van der Waals surface area contributed by atoms with Crippen LogP contribution in [0.2, 0.25) is 0 Å². The molecule has 3 heteroatoms. The Morgan fingerprint density at radius 1 is 1.00 bits per heavy atom. The number of amides is 1. The highest BCUT2D eigenvalue weighted by Gasteiger charge is 2.12. The number of hydrogen-bond acceptors (Lipinski definition) is 2. The third kappa shape index (κ3) is 1.11. The van der Waals surface area contributed by atoms with Crippen molar-refractivity contribution in [1.29, 1.82) is 0 Å². The lowest BCUT2D eigenvalue weighted by molar-refractivity contribution is 0.100. The van der Waals surface area contributed by atoms with Crippen molar-refractivity contribution in [2.45, 2.75) is 0 Å². The van der Waals surface area contributed by atoms with Crippen LogP contribution >= 0.6 is 0 Å². The van der Waals surface area contributed by atoms with Gasteiger partial charge in [-0.2, -0.15) is 0 Å². The van der Waals surface area contributed by atoms with E-state index in [1.54, 1.807) is 6.07 Å². The third-order valence-corrected chi connectivity index (χ3v) is 2.67. The van der Waals surface area contributed by atoms with Gasteiger partial charge in [0, 0.05) is 10.8 Å². The van der Waals surface area contributed by atoms with E-state index >= 15 is 0 Å². The molecular formula is C13H9NO2. The van der Waals surface area contributed by atoms with Gasteiger partial charge in [0.15, 0.2) is 0 Å². The Hall–Kier alpha value is -2.29. The molecule has 1 heterocycles. The molecule has 1 aromatic heterocycles. The Morgan fingerprint density at radius 2 is 1.75 bits per heavy atom. The Kier molecular flexibility index (Phi) is 1.74. The monoisotopic (exact) mass is 211 g/mol. The van der Waals surface area contributed by atoms with Crippen molar-refractivity contribution in [3.05, 3.63) is 48.0 Å². The number of carbonyl (C=O) groups is 1. The van der Waals surface area contributed by atoms with Gasteiger partial charge in [0.1, 0.15) is 11.2 Å². The lowest BCUT2D eigenvalue weighted by Crippen LogP contribution is -2.10. The lowest BCUT2D eigenvalue weighted by atomic mass is 10.1. The first kappa shape index (κ1) is 8.97. The van der Waals surface area contributed by atoms with Crippen LogP contribution < -0.4 is 5.73 Å². The quantitative estimate of drug-likeness (QED) is 0.672. The second-order valence-electron chi connectivity index (χ2n) is 3.64. The number of carbonyl (C=O) groups excluding carboxylic acids is 1. The Bertz CT molecular complexity index is 697. The summed E-state index contributed by atoms with van der Waals surface area (Å²) in [7, 11) is 0. The minimum atomic E-state index is -0.468. The van der Waals surface area contributed by atoms with Crippen molar-refractivity contribution in [1.82, 2.24) is 0 Å². The number of furan rings is 1. The maximum absolute atomic E-state index is 11.3. The molecule has 0 aliphatic heterocycles. The van der Waals surface area contributed by atoms with E-state index in [0.717, 1.165) is 16.4 Å². The molecular weight excluding hydrogens is 202 g/mol. The smallest absolute Gasteiger partial charge is 0.252 e. The van der Waals surface area contributed by atoms with Crippen LogP contribution in [-0.2, 0) is 0 Å². The van der Waals surface area contributed by atoms with E-state index in [1.807, 2.05) is 36.4 Å². The van der Waals surface area contributed by atoms with Crippen LogP contribution in [0, 0.1) is 0 Å². The molecule has 0 saturated carbocycles. The average Bonchev–Trinajstić information content (AvgIpc) is 2.67. The fourth-order valence-electron chi connectivity index (χ4n) is 1.94. The van der Waals surface area contributed by atoms with Crippen molar-refractivity contribution in [2.75, 3.05) is 0 Å². The summed E-state index contributed by atoms with van der Waals surface area (Å²) in [5, 5.41) is 1.92. The molecule has 0 aliphatic rings. The number of nitrogens with two attached hydrogens (primary N) is 1. The number of rotatable bonds is 1. The standard InChI is InChI=1S/C13H9NO2/c14-13(15)10-6-3-5-9-8-4-1-2-7-11(8)16-12(9)10/h1-7H,(H2,14,15). The van der Waals surface area contributed by atoms with Crippen molar-refractivity contribution in [3.8, 4) is 0 Å². The molecule has 78 valence electrons. The average molecular weight is 211 g/mol. The predicted molar refractivity (Wildman–Crippen MR) is 62.2 cm³/mol. The van der Waals surface area contributed by atoms with E-state index in [9.17, 15) is 4.79 Å². The van der Waals surface area contributed by atoms with Gasteiger partial charge in [-0.05, 0) is 12.1 Å². The first-order valence-corrected chi connectivity index (χ1v) is 4.97. The zero-order valence-electron chi connectivity index (χ0n) is 8.44. The van der Waals surface area contributed by atoms with Crippen LogP contribution in [0.15, 0.2) is 46.9 Å². The van der Waals surface area contributed by atoms with Crippen molar-refractivity contribution >= 4 is 27.8 Å². The van der Waals surface area contributed by atoms with Crippen molar-refractivity contribution in [2.24, 2.45) is 5.73 Å². The summed E-state index contributed by atoms with van der Waals surface area (Å²) in [6.45, 7) is 0. The highest BCUT2D eigenvalue weighted by Crippen LogP contribution is 2.30. The molecule has 0 spiro atoms. The van der Waals surface area contributed by atoms with Crippen molar-refractivity contribution in [3.63, 3.8) is 0 Å². The van der Waals surface area contributed by atoms with E-state index in [-0.39, 0.29) is 0 Å². The lowest BCUT2D eigenvalue weighted by Gasteiger charge is -1.95. The van der Waals surface area contributed by atoms with Crippen LogP contribution in [-0.4, -0.2) is 5.91 Å². The fourth-order valence-corrected chi connectivity index (χ4v) is 1.94. The predicted octanol–water partition coefficient (Wildman–Crippen LogP) is 2.68. The first-order valence-electron chi connectivity index (χ1n) is 4.97. The molecule has 0 bridgehead atoms. The van der Waals surface area contributed by atoms with Crippen LogP contribution in [0.3, 0.4) is 0 Å². The number of primary amides is 1. The first-order chi connectivity index (χ1) is 7.77. The van der Waals surface area contributed by atoms with Crippen molar-refractivity contribution < 1.29 is 9.21 Å². The van der Waals surface area contributed by atoms with Gasteiger partial charge < -0.3 is 10.2 Å². The van der Waals surface area contributed by atoms with Gasteiger partial charge in [-0.3, -0.25) is 4.79 Å². The molecule has 0 fully saturated rings. The molecule has 0 radical (unpaired) electrons. The Balaban J connectivity index is 2.54. The molecule has 16 heavy (non-hydrogen) atoms. The molecule has 3 nitrogen and oxygen atoms in total. The fraction of sp³-hybridized carbons (Fsp3) is 0. The second kappa shape index (κ2) is 3.10. The third-order valence-electron chi connectivity index (χ3n) is 2.67. The van der Waals surface area contributed by atoms with E-state index in [2.05, 4.69) is 0 Å². The maximum atomic E-state index is 11.3. The normalized spacial score (nSPS) is 11.0. The van der Waals surface area contributed by atoms with E-state index in [0.29, 0.717) is 11.1 Å². The SMILES string of the molecule is NC(=O)c1cccc2c1oc1ccccc12. The van der Waals surface area contributed by atoms with Gasteiger partial charge >= 0.3 is 0 Å². The second-order valence-corrected chi connectivity index (χ2v) is 3.64. The molecule has 2 aromatic carbocycles. The number of benzene rings is 2. The molecule has 1 amide bonds. The summed E-state index contributed by atoms with van der Waals surface area (Å²) in [5.41, 5.74) is 7.06. The number of para-hydroxylation sites is 2. The highest BCUT2D eigenvalue weighted by atomic mass is 16.3. The Morgan fingerprint density at radius 3 is 2.56 bits per heavy atom. The summed E-state index contributed by atoms with van der Waals surface area (Å²) < 4.78 is 5.64. The van der Waals surface area contributed by atoms with Crippen LogP contribution in [0.4, 0.5) is 0 Å². The van der Waals surface area contributed by atoms with Gasteiger partial charge in [0.05, 0.1) is 5.56 Å². The van der Waals surface area contributed by atoms with Gasteiger partial charge in [0.25, 0.3) is 5.91 Å². The highest BCUT2D eigenvalue weighted by molar-refractivity contribution is 6.12. The molecule has 0 saturated heterocycles. The molecule has 0 aliphatic carbocycles. The summed E-state index contributed by atoms with van der Waals surface area (Å²) in [6, 6.07) is 13.1. The largest absolute Gasteiger partial charge is 0.455 e. The summed E-state index contributed by atoms with van der Waals surface area (Å²) in [5.74, 6) is -0.468. The summed E-state index contributed by atoms with van der Waals surface area (Å²) in [6.07, 6.45) is 0. The molecule has 3 aromatic rings.